The average Bonchev–Trinajstić information content (AvgIpc) is 2.42. The summed E-state index contributed by atoms with van der Waals surface area (Å²) in [4.78, 5) is -0.199. The third kappa shape index (κ3) is 3.22. The van der Waals surface area contributed by atoms with Gasteiger partial charge in [-0.05, 0) is 30.3 Å². The van der Waals surface area contributed by atoms with E-state index in [0.717, 1.165) is 0 Å². The lowest BCUT2D eigenvalue weighted by atomic mass is 10.2. The van der Waals surface area contributed by atoms with Crippen molar-refractivity contribution < 1.29 is 8.42 Å². The van der Waals surface area contributed by atoms with E-state index in [1.165, 1.54) is 30.3 Å². The molecule has 0 atom stereocenters. The Kier molecular flexibility index (Phi) is 4.28. The van der Waals surface area contributed by atoms with Crippen molar-refractivity contribution in [1.29, 1.82) is 5.26 Å². The summed E-state index contributed by atoms with van der Waals surface area (Å²) in [7, 11) is -4.01. The number of nitrogens with zero attached hydrogens (tertiary/aromatic N) is 1. The maximum atomic E-state index is 12.4. The Bertz CT molecular complexity index is 825. The minimum atomic E-state index is -4.01. The fourth-order valence-corrected chi connectivity index (χ4v) is 3.50. The molecule has 2 aromatic carbocycles. The first-order valence-electron chi connectivity index (χ1n) is 5.61. The average molecular weight is 342 g/mol. The van der Waals surface area contributed by atoms with Crippen LogP contribution in [0, 0.1) is 11.3 Å². The van der Waals surface area contributed by atoms with Crippen LogP contribution in [0.3, 0.4) is 0 Å². The van der Waals surface area contributed by atoms with Gasteiger partial charge < -0.3 is 5.73 Å². The van der Waals surface area contributed by atoms with E-state index in [-0.39, 0.29) is 26.2 Å². The Hall–Kier alpha value is -1.94. The van der Waals surface area contributed by atoms with Crippen LogP contribution in [0.5, 0.6) is 0 Å². The van der Waals surface area contributed by atoms with Gasteiger partial charge in [-0.2, -0.15) is 5.26 Å². The number of anilines is 2. The van der Waals surface area contributed by atoms with Crippen LogP contribution >= 0.6 is 23.2 Å². The van der Waals surface area contributed by atoms with E-state index in [1.54, 1.807) is 12.1 Å². The number of halogens is 2. The van der Waals surface area contributed by atoms with E-state index in [2.05, 4.69) is 4.72 Å². The van der Waals surface area contributed by atoms with Crippen LogP contribution in [-0.4, -0.2) is 8.42 Å². The zero-order valence-corrected chi connectivity index (χ0v) is 12.8. The summed E-state index contributed by atoms with van der Waals surface area (Å²) >= 11 is 11.9. The molecule has 0 saturated carbocycles. The summed E-state index contributed by atoms with van der Waals surface area (Å²) in [5, 5.41) is 9.34. The van der Waals surface area contributed by atoms with Crippen molar-refractivity contribution in [2.24, 2.45) is 0 Å². The van der Waals surface area contributed by atoms with Crippen molar-refractivity contribution in [1.82, 2.24) is 0 Å². The Morgan fingerprint density at radius 2 is 1.76 bits per heavy atom. The molecular formula is C13H9Cl2N3O2S. The summed E-state index contributed by atoms with van der Waals surface area (Å²) in [5.41, 5.74) is 5.82. The second-order valence-electron chi connectivity index (χ2n) is 4.07. The van der Waals surface area contributed by atoms with E-state index in [4.69, 9.17) is 34.2 Å². The molecule has 0 aliphatic carbocycles. The van der Waals surface area contributed by atoms with E-state index < -0.39 is 10.0 Å². The predicted molar refractivity (Wildman–Crippen MR) is 82.8 cm³/mol. The van der Waals surface area contributed by atoms with Crippen molar-refractivity contribution in [2.75, 3.05) is 10.5 Å². The SMILES string of the molecule is N#Cc1cc(N)ccc1S(=O)(=O)Nc1c(Cl)cccc1Cl. The Labute approximate surface area is 132 Å². The second-order valence-corrected chi connectivity index (χ2v) is 6.53. The highest BCUT2D eigenvalue weighted by Gasteiger charge is 2.21. The molecule has 0 aliphatic heterocycles. The van der Waals surface area contributed by atoms with Crippen LogP contribution in [0.1, 0.15) is 5.56 Å². The summed E-state index contributed by atoms with van der Waals surface area (Å²) < 4.78 is 27.0. The smallest absolute Gasteiger partial charge is 0.263 e. The molecular weight excluding hydrogens is 333 g/mol. The van der Waals surface area contributed by atoms with Gasteiger partial charge in [0.05, 0.1) is 21.3 Å². The van der Waals surface area contributed by atoms with Gasteiger partial charge >= 0.3 is 0 Å². The molecule has 108 valence electrons. The normalized spacial score (nSPS) is 10.9. The maximum absolute atomic E-state index is 12.4. The number of nitriles is 1. The number of sulfonamides is 1. The van der Waals surface area contributed by atoms with Crippen molar-refractivity contribution >= 4 is 44.6 Å². The first kappa shape index (κ1) is 15.4. The van der Waals surface area contributed by atoms with Gasteiger partial charge in [0.15, 0.2) is 0 Å². The minimum absolute atomic E-state index is 0.0570. The number of para-hydroxylation sites is 1. The van der Waals surface area contributed by atoms with E-state index in [1.807, 2.05) is 0 Å². The largest absolute Gasteiger partial charge is 0.399 e. The number of benzene rings is 2. The van der Waals surface area contributed by atoms with Crippen molar-refractivity contribution in [3.8, 4) is 6.07 Å². The summed E-state index contributed by atoms with van der Waals surface area (Å²) in [6, 6.07) is 10.3. The van der Waals surface area contributed by atoms with Crippen LogP contribution in [0.25, 0.3) is 0 Å². The summed E-state index contributed by atoms with van der Waals surface area (Å²) in [6.45, 7) is 0. The molecule has 0 saturated heterocycles. The second kappa shape index (κ2) is 5.82. The van der Waals surface area contributed by atoms with Crippen molar-refractivity contribution in [3.05, 3.63) is 52.0 Å². The topological polar surface area (TPSA) is 96.0 Å². The number of nitrogens with two attached hydrogens (primary N) is 1. The van der Waals surface area contributed by atoms with Gasteiger partial charge in [-0.25, -0.2) is 8.42 Å². The van der Waals surface area contributed by atoms with Crippen LogP contribution < -0.4 is 10.5 Å². The number of hydrogen-bond acceptors (Lipinski definition) is 4. The number of rotatable bonds is 3. The van der Waals surface area contributed by atoms with Gasteiger partial charge in [0.25, 0.3) is 10.0 Å². The molecule has 2 aromatic rings. The zero-order chi connectivity index (χ0) is 15.6. The Balaban J connectivity index is 2.52. The molecule has 2 rings (SSSR count). The molecule has 0 aliphatic rings. The fraction of sp³-hybridized carbons (Fsp3) is 0. The maximum Gasteiger partial charge on any atom is 0.263 e. The third-order valence-electron chi connectivity index (χ3n) is 2.61. The highest BCUT2D eigenvalue weighted by Crippen LogP contribution is 2.32. The number of nitrogens with one attached hydrogen (secondary N) is 1. The lowest BCUT2D eigenvalue weighted by Gasteiger charge is -2.12. The molecule has 0 spiro atoms. The lowest BCUT2D eigenvalue weighted by Crippen LogP contribution is -2.15. The highest BCUT2D eigenvalue weighted by molar-refractivity contribution is 7.92. The Morgan fingerprint density at radius 3 is 2.33 bits per heavy atom. The first-order valence-corrected chi connectivity index (χ1v) is 7.85. The molecule has 0 heterocycles. The van der Waals surface area contributed by atoms with Crippen LogP contribution in [-0.2, 0) is 10.0 Å². The first-order chi connectivity index (χ1) is 9.85. The minimum Gasteiger partial charge on any atom is -0.399 e. The molecule has 0 aromatic heterocycles. The Morgan fingerprint density at radius 1 is 1.14 bits per heavy atom. The highest BCUT2D eigenvalue weighted by atomic mass is 35.5. The third-order valence-corrected chi connectivity index (χ3v) is 4.65. The molecule has 21 heavy (non-hydrogen) atoms. The molecule has 0 radical (unpaired) electrons. The molecule has 0 fully saturated rings. The standard InChI is InChI=1S/C13H9Cl2N3O2S/c14-10-2-1-3-11(15)13(10)18-21(19,20)12-5-4-9(17)6-8(12)7-16/h1-6,18H,17H2. The van der Waals surface area contributed by atoms with E-state index in [9.17, 15) is 8.42 Å². The van der Waals surface area contributed by atoms with Crippen LogP contribution in [0.15, 0.2) is 41.3 Å². The predicted octanol–water partition coefficient (Wildman–Crippen LogP) is 3.25. The number of hydrogen-bond donors (Lipinski definition) is 2. The van der Waals surface area contributed by atoms with Gasteiger partial charge in [0.1, 0.15) is 11.0 Å². The van der Waals surface area contributed by atoms with Crippen LogP contribution in [0.4, 0.5) is 11.4 Å². The van der Waals surface area contributed by atoms with E-state index in [0.29, 0.717) is 5.69 Å². The molecule has 0 unspecified atom stereocenters. The molecule has 3 N–H and O–H groups in total. The lowest BCUT2D eigenvalue weighted by molar-refractivity contribution is 0.601. The van der Waals surface area contributed by atoms with Gasteiger partial charge in [0, 0.05) is 5.69 Å². The zero-order valence-electron chi connectivity index (χ0n) is 10.5. The van der Waals surface area contributed by atoms with E-state index >= 15 is 0 Å². The van der Waals surface area contributed by atoms with Gasteiger partial charge in [-0.1, -0.05) is 29.3 Å². The fourth-order valence-electron chi connectivity index (χ4n) is 1.65. The van der Waals surface area contributed by atoms with Gasteiger partial charge in [-0.3, -0.25) is 4.72 Å². The number of nitrogen functional groups attached to an aromatic ring is 1. The van der Waals surface area contributed by atoms with Crippen molar-refractivity contribution in [2.45, 2.75) is 4.90 Å². The van der Waals surface area contributed by atoms with Crippen molar-refractivity contribution in [3.63, 3.8) is 0 Å². The molecule has 5 nitrogen and oxygen atoms in total. The monoisotopic (exact) mass is 341 g/mol. The molecule has 8 heteroatoms. The van der Waals surface area contributed by atoms with Crippen LogP contribution in [0.2, 0.25) is 10.0 Å². The summed E-state index contributed by atoms with van der Waals surface area (Å²) in [6.07, 6.45) is 0. The molecule has 0 bridgehead atoms. The summed E-state index contributed by atoms with van der Waals surface area (Å²) in [5.74, 6) is 0. The van der Waals surface area contributed by atoms with Gasteiger partial charge in [-0.15, -0.1) is 0 Å². The quantitative estimate of drug-likeness (QED) is 0.837. The van der Waals surface area contributed by atoms with Gasteiger partial charge in [0.2, 0.25) is 0 Å². The molecule has 0 amide bonds.